The van der Waals surface area contributed by atoms with Gasteiger partial charge in [-0.3, -0.25) is 0 Å². The molecular weight excluding hydrogens is 280 g/mol. The summed E-state index contributed by atoms with van der Waals surface area (Å²) in [6.07, 6.45) is 2.23. The van der Waals surface area contributed by atoms with Crippen LogP contribution in [0.2, 0.25) is 0 Å². The van der Waals surface area contributed by atoms with Crippen molar-refractivity contribution in [3.05, 3.63) is 101 Å². The average Bonchev–Trinajstić information content (AvgIpc) is 2.62. The Hall–Kier alpha value is -2.80. The number of methoxy groups -OCH3 is 1. The van der Waals surface area contributed by atoms with Crippen LogP contribution in [-0.2, 0) is 0 Å². The summed E-state index contributed by atoms with van der Waals surface area (Å²) in [7, 11) is 1.69. The van der Waals surface area contributed by atoms with Crippen molar-refractivity contribution in [1.29, 1.82) is 0 Å². The Bertz CT molecular complexity index is 782. The van der Waals surface area contributed by atoms with Gasteiger partial charge in [0.2, 0.25) is 0 Å². The lowest BCUT2D eigenvalue weighted by Gasteiger charge is -2.10. The molecule has 0 radical (unpaired) electrons. The van der Waals surface area contributed by atoms with Gasteiger partial charge in [-0.1, -0.05) is 72.3 Å². The highest BCUT2D eigenvalue weighted by atomic mass is 16.5. The second-order valence-electron chi connectivity index (χ2n) is 5.56. The highest BCUT2D eigenvalue weighted by molar-refractivity contribution is 5.91. The molecule has 0 unspecified atom stereocenters. The zero-order valence-electron chi connectivity index (χ0n) is 13.5. The van der Waals surface area contributed by atoms with Crippen molar-refractivity contribution in [2.45, 2.75) is 6.92 Å². The fraction of sp³-hybridized carbons (Fsp3) is 0.0909. The van der Waals surface area contributed by atoms with Crippen LogP contribution in [-0.4, -0.2) is 7.11 Å². The molecule has 0 aromatic heterocycles. The third-order valence-corrected chi connectivity index (χ3v) is 3.87. The van der Waals surface area contributed by atoms with Gasteiger partial charge in [0.15, 0.2) is 0 Å². The molecule has 0 saturated carbocycles. The molecule has 0 atom stereocenters. The van der Waals surface area contributed by atoms with E-state index in [1.165, 1.54) is 27.8 Å². The molecule has 1 heteroatoms. The molecule has 0 bridgehead atoms. The van der Waals surface area contributed by atoms with E-state index in [0.717, 1.165) is 5.75 Å². The smallest absolute Gasteiger partial charge is 0.118 e. The summed E-state index contributed by atoms with van der Waals surface area (Å²) in [5.74, 6) is 0.872. The molecule has 0 amide bonds. The predicted molar refractivity (Wildman–Crippen MR) is 97.6 cm³/mol. The maximum atomic E-state index is 5.27. The molecule has 23 heavy (non-hydrogen) atoms. The molecule has 0 aliphatic rings. The van der Waals surface area contributed by atoms with Crippen LogP contribution in [0.5, 0.6) is 5.75 Å². The lowest BCUT2D eigenvalue weighted by atomic mass is 9.95. The quantitative estimate of drug-likeness (QED) is 0.570. The Morgan fingerprint density at radius 1 is 0.739 bits per heavy atom. The molecule has 0 aliphatic heterocycles. The van der Waals surface area contributed by atoms with Crippen LogP contribution in [0.4, 0.5) is 0 Å². The topological polar surface area (TPSA) is 9.23 Å². The van der Waals surface area contributed by atoms with Gasteiger partial charge >= 0.3 is 0 Å². The average molecular weight is 300 g/mol. The first-order valence-electron chi connectivity index (χ1n) is 7.74. The molecule has 0 aliphatic carbocycles. The standard InChI is InChI=1S/C22H20O/c1-17-8-10-19(11-9-17)22(16-18-6-4-3-5-7-18)20-12-14-21(23-2)15-13-20/h3-16H,1-2H3/b22-16+. The van der Waals surface area contributed by atoms with E-state index in [2.05, 4.69) is 73.7 Å². The zero-order chi connectivity index (χ0) is 16.1. The minimum atomic E-state index is 0.872. The van der Waals surface area contributed by atoms with E-state index < -0.39 is 0 Å². The Morgan fingerprint density at radius 2 is 1.30 bits per heavy atom. The van der Waals surface area contributed by atoms with Gasteiger partial charge in [-0.15, -0.1) is 0 Å². The molecule has 0 saturated heterocycles. The van der Waals surface area contributed by atoms with E-state index in [4.69, 9.17) is 4.74 Å². The predicted octanol–water partition coefficient (Wildman–Crippen LogP) is 5.59. The number of rotatable bonds is 4. The third-order valence-electron chi connectivity index (χ3n) is 3.87. The second-order valence-corrected chi connectivity index (χ2v) is 5.56. The summed E-state index contributed by atoms with van der Waals surface area (Å²) in [5, 5.41) is 0. The molecule has 1 nitrogen and oxygen atoms in total. The van der Waals surface area contributed by atoms with Crippen LogP contribution in [0, 0.1) is 6.92 Å². The normalized spacial score (nSPS) is 11.3. The van der Waals surface area contributed by atoms with Crippen LogP contribution < -0.4 is 4.74 Å². The molecule has 114 valence electrons. The first-order chi connectivity index (χ1) is 11.3. The van der Waals surface area contributed by atoms with Crippen LogP contribution >= 0.6 is 0 Å². The van der Waals surface area contributed by atoms with Gasteiger partial charge in [-0.2, -0.15) is 0 Å². The summed E-state index contributed by atoms with van der Waals surface area (Å²) in [6.45, 7) is 2.11. The minimum Gasteiger partial charge on any atom is -0.497 e. The Kier molecular flexibility index (Phi) is 4.58. The van der Waals surface area contributed by atoms with Gasteiger partial charge in [-0.25, -0.2) is 0 Å². The van der Waals surface area contributed by atoms with E-state index in [0.29, 0.717) is 0 Å². The summed E-state index contributed by atoms with van der Waals surface area (Å²) in [4.78, 5) is 0. The summed E-state index contributed by atoms with van der Waals surface area (Å²) in [5.41, 5.74) is 6.06. The minimum absolute atomic E-state index is 0.872. The van der Waals surface area contributed by atoms with E-state index in [1.54, 1.807) is 7.11 Å². The molecule has 0 fully saturated rings. The molecule has 0 N–H and O–H groups in total. The largest absolute Gasteiger partial charge is 0.497 e. The highest BCUT2D eigenvalue weighted by Gasteiger charge is 2.06. The Balaban J connectivity index is 2.09. The van der Waals surface area contributed by atoms with Crippen molar-refractivity contribution in [2.75, 3.05) is 7.11 Å². The number of ether oxygens (including phenoxy) is 1. The number of hydrogen-bond acceptors (Lipinski definition) is 1. The van der Waals surface area contributed by atoms with Crippen LogP contribution in [0.25, 0.3) is 11.6 Å². The van der Waals surface area contributed by atoms with Crippen LogP contribution in [0.1, 0.15) is 22.3 Å². The summed E-state index contributed by atoms with van der Waals surface area (Å²) in [6, 6.07) is 27.3. The monoisotopic (exact) mass is 300 g/mol. The molecule has 0 heterocycles. The maximum absolute atomic E-state index is 5.27. The number of benzene rings is 3. The molecule has 3 rings (SSSR count). The second kappa shape index (κ2) is 6.97. The van der Waals surface area contributed by atoms with Crippen molar-refractivity contribution in [3.63, 3.8) is 0 Å². The third kappa shape index (κ3) is 3.70. The van der Waals surface area contributed by atoms with Crippen molar-refractivity contribution in [1.82, 2.24) is 0 Å². The van der Waals surface area contributed by atoms with Crippen molar-refractivity contribution < 1.29 is 4.74 Å². The van der Waals surface area contributed by atoms with Gasteiger partial charge in [0.05, 0.1) is 7.11 Å². The Labute approximate surface area is 137 Å². The fourth-order valence-electron chi connectivity index (χ4n) is 2.55. The van der Waals surface area contributed by atoms with Crippen LogP contribution in [0.15, 0.2) is 78.9 Å². The highest BCUT2D eigenvalue weighted by Crippen LogP contribution is 2.27. The van der Waals surface area contributed by atoms with Crippen molar-refractivity contribution in [3.8, 4) is 5.75 Å². The Morgan fingerprint density at radius 3 is 1.87 bits per heavy atom. The lowest BCUT2D eigenvalue weighted by Crippen LogP contribution is -1.90. The fourth-order valence-corrected chi connectivity index (χ4v) is 2.55. The van der Waals surface area contributed by atoms with Crippen molar-refractivity contribution in [2.24, 2.45) is 0 Å². The summed E-state index contributed by atoms with van der Waals surface area (Å²) >= 11 is 0. The van der Waals surface area contributed by atoms with E-state index in [-0.39, 0.29) is 0 Å². The number of aryl methyl sites for hydroxylation is 1. The van der Waals surface area contributed by atoms with Gasteiger partial charge in [0.25, 0.3) is 0 Å². The summed E-state index contributed by atoms with van der Waals surface area (Å²) < 4.78 is 5.27. The molecule has 3 aromatic rings. The van der Waals surface area contributed by atoms with E-state index in [1.807, 2.05) is 18.2 Å². The van der Waals surface area contributed by atoms with E-state index in [9.17, 15) is 0 Å². The maximum Gasteiger partial charge on any atom is 0.118 e. The molecule has 0 spiro atoms. The van der Waals surface area contributed by atoms with Gasteiger partial charge in [-0.05, 0) is 47.4 Å². The van der Waals surface area contributed by atoms with Crippen molar-refractivity contribution >= 4 is 11.6 Å². The van der Waals surface area contributed by atoms with Gasteiger partial charge in [0, 0.05) is 0 Å². The van der Waals surface area contributed by atoms with Gasteiger partial charge < -0.3 is 4.74 Å². The van der Waals surface area contributed by atoms with Crippen LogP contribution in [0.3, 0.4) is 0 Å². The number of hydrogen-bond donors (Lipinski definition) is 0. The SMILES string of the molecule is COc1ccc(/C(=C/c2ccccc2)c2ccc(C)cc2)cc1. The van der Waals surface area contributed by atoms with Gasteiger partial charge in [0.1, 0.15) is 5.75 Å². The lowest BCUT2D eigenvalue weighted by molar-refractivity contribution is 0.415. The molecular formula is C22H20O. The molecule has 3 aromatic carbocycles. The first kappa shape index (κ1) is 15.1. The first-order valence-corrected chi connectivity index (χ1v) is 7.74. The van der Waals surface area contributed by atoms with E-state index >= 15 is 0 Å². The zero-order valence-corrected chi connectivity index (χ0v) is 13.5.